The molecule has 1 aliphatic heterocycles. The van der Waals surface area contributed by atoms with Gasteiger partial charge in [-0.3, -0.25) is 9.36 Å². The number of nitrogen functional groups attached to an aromatic ring is 1. The number of ether oxygens (including phenoxy) is 1. The van der Waals surface area contributed by atoms with Gasteiger partial charge in [0, 0.05) is 25.0 Å². The summed E-state index contributed by atoms with van der Waals surface area (Å²) in [5.74, 6) is 5.89. The molecule has 0 radical (unpaired) electrons. The average molecular weight is 376 g/mol. The third-order valence-electron chi connectivity index (χ3n) is 5.60. The molecular weight excluding hydrogens is 352 g/mol. The van der Waals surface area contributed by atoms with Crippen LogP contribution >= 0.6 is 0 Å². The van der Waals surface area contributed by atoms with Crippen molar-refractivity contribution in [3.8, 4) is 5.75 Å². The lowest BCUT2D eigenvalue weighted by Crippen LogP contribution is -2.46. The van der Waals surface area contributed by atoms with Gasteiger partial charge in [-0.15, -0.1) is 0 Å². The molecule has 1 aromatic heterocycles. The molecule has 1 aromatic carbocycles. The number of anilines is 1. The van der Waals surface area contributed by atoms with Gasteiger partial charge in [-0.1, -0.05) is 0 Å². The minimum Gasteiger partial charge on any atom is -0.492 e. The number of aliphatic hydroxyl groups excluding tert-OH is 2. The van der Waals surface area contributed by atoms with Crippen LogP contribution in [0.4, 0.5) is 5.69 Å². The minimum atomic E-state index is -0.556. The van der Waals surface area contributed by atoms with Crippen LogP contribution in [0.1, 0.15) is 25.3 Å². The van der Waals surface area contributed by atoms with Gasteiger partial charge in [0.2, 0.25) is 0 Å². The normalized spacial score (nSPS) is 23.0. The van der Waals surface area contributed by atoms with E-state index >= 15 is 0 Å². The molecule has 2 atom stereocenters. The van der Waals surface area contributed by atoms with Gasteiger partial charge >= 0.3 is 5.69 Å². The number of aliphatic hydroxyl groups is 2. The van der Waals surface area contributed by atoms with Gasteiger partial charge < -0.3 is 25.7 Å². The Labute approximate surface area is 155 Å². The molecule has 2 fully saturated rings. The molecule has 2 heterocycles. The van der Waals surface area contributed by atoms with Crippen LogP contribution in [0.3, 0.4) is 0 Å². The third-order valence-corrected chi connectivity index (χ3v) is 5.60. The highest BCUT2D eigenvalue weighted by molar-refractivity contribution is 5.90. The molecule has 2 aromatic rings. The Morgan fingerprint density at radius 2 is 2.00 bits per heavy atom. The molecular formula is C18H24N4O5. The number of benzene rings is 1. The van der Waals surface area contributed by atoms with Crippen molar-refractivity contribution in [2.45, 2.75) is 31.4 Å². The molecule has 2 aliphatic rings. The Balaban J connectivity index is 1.94. The third kappa shape index (κ3) is 2.78. The van der Waals surface area contributed by atoms with Crippen molar-refractivity contribution in [1.82, 2.24) is 9.24 Å². The van der Waals surface area contributed by atoms with Gasteiger partial charge in [-0.2, -0.15) is 4.68 Å². The second-order valence-corrected chi connectivity index (χ2v) is 7.32. The first kappa shape index (κ1) is 17.9. The lowest BCUT2D eigenvalue weighted by Gasteiger charge is -2.37. The zero-order valence-corrected chi connectivity index (χ0v) is 15.2. The summed E-state index contributed by atoms with van der Waals surface area (Å²) in [6.07, 6.45) is 1.67. The number of nitrogens with zero attached hydrogens (tertiary/aromatic N) is 3. The number of piperidine rings is 1. The SMILES string of the molecule is COc1c(N2CCC(O)C(CO)C2)ccc2c(=O)n(N)c(=O)n(C3CC3)c12. The van der Waals surface area contributed by atoms with E-state index in [0.29, 0.717) is 40.8 Å². The number of fused-ring (bicyclic) bond motifs is 1. The predicted molar refractivity (Wildman–Crippen MR) is 101 cm³/mol. The largest absolute Gasteiger partial charge is 0.492 e. The number of aromatic nitrogens is 2. The second kappa shape index (κ2) is 6.58. The zero-order chi connectivity index (χ0) is 19.3. The summed E-state index contributed by atoms with van der Waals surface area (Å²) in [5, 5.41) is 19.9. The fourth-order valence-electron chi connectivity index (χ4n) is 3.94. The van der Waals surface area contributed by atoms with E-state index in [2.05, 4.69) is 0 Å². The van der Waals surface area contributed by atoms with Crippen LogP contribution in [-0.2, 0) is 0 Å². The Morgan fingerprint density at radius 3 is 2.63 bits per heavy atom. The first-order valence-corrected chi connectivity index (χ1v) is 9.15. The fourth-order valence-corrected chi connectivity index (χ4v) is 3.94. The Morgan fingerprint density at radius 1 is 1.26 bits per heavy atom. The molecule has 146 valence electrons. The van der Waals surface area contributed by atoms with Gasteiger partial charge in [0.05, 0.1) is 30.9 Å². The summed E-state index contributed by atoms with van der Waals surface area (Å²) in [7, 11) is 1.51. The van der Waals surface area contributed by atoms with Gasteiger partial charge in [-0.05, 0) is 31.4 Å². The monoisotopic (exact) mass is 376 g/mol. The molecule has 1 saturated heterocycles. The molecule has 4 rings (SSSR count). The van der Waals surface area contributed by atoms with Crippen molar-refractivity contribution in [3.05, 3.63) is 33.0 Å². The van der Waals surface area contributed by atoms with E-state index in [0.717, 1.165) is 18.5 Å². The summed E-state index contributed by atoms with van der Waals surface area (Å²) >= 11 is 0. The maximum Gasteiger partial charge on any atom is 0.350 e. The Bertz CT molecular complexity index is 994. The predicted octanol–water partition coefficient (Wildman–Crippen LogP) is -0.600. The van der Waals surface area contributed by atoms with E-state index in [1.165, 1.54) is 7.11 Å². The van der Waals surface area contributed by atoms with E-state index in [9.17, 15) is 19.8 Å². The summed E-state index contributed by atoms with van der Waals surface area (Å²) in [6, 6.07) is 3.44. The lowest BCUT2D eigenvalue weighted by molar-refractivity contribution is 0.0524. The van der Waals surface area contributed by atoms with Crippen LogP contribution in [0.5, 0.6) is 5.75 Å². The number of nitrogens with two attached hydrogens (primary N) is 1. The highest BCUT2D eigenvalue weighted by Gasteiger charge is 2.33. The molecule has 0 bridgehead atoms. The molecule has 0 amide bonds. The maximum absolute atomic E-state index is 12.6. The molecule has 9 heteroatoms. The smallest absolute Gasteiger partial charge is 0.350 e. The molecule has 1 aliphatic carbocycles. The Kier molecular flexibility index (Phi) is 4.35. The van der Waals surface area contributed by atoms with Gasteiger partial charge in [0.1, 0.15) is 5.52 Å². The average Bonchev–Trinajstić information content (AvgIpc) is 3.51. The number of hydrogen-bond acceptors (Lipinski definition) is 7. The molecule has 27 heavy (non-hydrogen) atoms. The molecule has 1 saturated carbocycles. The van der Waals surface area contributed by atoms with E-state index in [1.807, 2.05) is 4.90 Å². The van der Waals surface area contributed by atoms with Crippen molar-refractivity contribution < 1.29 is 14.9 Å². The van der Waals surface area contributed by atoms with Crippen molar-refractivity contribution in [1.29, 1.82) is 0 Å². The van der Waals surface area contributed by atoms with E-state index in [-0.39, 0.29) is 18.6 Å². The van der Waals surface area contributed by atoms with E-state index < -0.39 is 17.4 Å². The highest BCUT2D eigenvalue weighted by atomic mass is 16.5. The quantitative estimate of drug-likeness (QED) is 0.609. The van der Waals surface area contributed by atoms with Gasteiger partial charge in [-0.25, -0.2) is 4.79 Å². The first-order chi connectivity index (χ1) is 13.0. The van der Waals surface area contributed by atoms with Crippen LogP contribution in [0.2, 0.25) is 0 Å². The highest BCUT2D eigenvalue weighted by Crippen LogP contribution is 2.41. The molecule has 0 spiro atoms. The van der Waals surface area contributed by atoms with Crippen molar-refractivity contribution in [2.75, 3.05) is 37.5 Å². The molecule has 2 unspecified atom stereocenters. The van der Waals surface area contributed by atoms with Crippen LogP contribution in [-0.4, -0.2) is 52.4 Å². The number of hydrogen-bond donors (Lipinski definition) is 3. The standard InChI is InChI=1S/C18H24N4O5/c1-27-16-13(20-7-6-14(24)10(8-20)9-23)5-4-12-15(16)21(11-2-3-11)18(26)22(19)17(12)25/h4-5,10-11,14,23-24H,2-3,6-9,19H2,1H3. The lowest BCUT2D eigenvalue weighted by atomic mass is 9.95. The van der Waals surface area contributed by atoms with Crippen LogP contribution in [0.25, 0.3) is 10.9 Å². The second-order valence-electron chi connectivity index (χ2n) is 7.32. The number of methoxy groups -OCH3 is 1. The van der Waals surface area contributed by atoms with E-state index in [4.69, 9.17) is 10.6 Å². The van der Waals surface area contributed by atoms with Gasteiger partial charge in [0.15, 0.2) is 5.75 Å². The zero-order valence-electron chi connectivity index (χ0n) is 15.2. The first-order valence-electron chi connectivity index (χ1n) is 9.15. The summed E-state index contributed by atoms with van der Waals surface area (Å²) in [4.78, 5) is 27.2. The maximum atomic E-state index is 12.6. The van der Waals surface area contributed by atoms with Gasteiger partial charge in [0.25, 0.3) is 5.56 Å². The van der Waals surface area contributed by atoms with Crippen LogP contribution < -0.4 is 26.7 Å². The summed E-state index contributed by atoms with van der Waals surface area (Å²) in [6.45, 7) is 0.931. The topological polar surface area (TPSA) is 123 Å². The number of rotatable bonds is 4. The summed E-state index contributed by atoms with van der Waals surface area (Å²) < 4.78 is 7.87. The summed E-state index contributed by atoms with van der Waals surface area (Å²) in [5.41, 5.74) is 0.0889. The van der Waals surface area contributed by atoms with Crippen molar-refractivity contribution >= 4 is 16.6 Å². The van der Waals surface area contributed by atoms with E-state index in [1.54, 1.807) is 16.7 Å². The molecule has 4 N–H and O–H groups in total. The van der Waals surface area contributed by atoms with Crippen LogP contribution in [0, 0.1) is 5.92 Å². The molecule has 9 nitrogen and oxygen atoms in total. The van der Waals surface area contributed by atoms with Crippen molar-refractivity contribution in [3.63, 3.8) is 0 Å². The Hall–Kier alpha value is -2.52. The van der Waals surface area contributed by atoms with Crippen molar-refractivity contribution in [2.24, 2.45) is 5.92 Å². The minimum absolute atomic E-state index is 0.00733. The van der Waals surface area contributed by atoms with Crippen LogP contribution in [0.15, 0.2) is 21.7 Å². The fraction of sp³-hybridized carbons (Fsp3) is 0.556.